The summed E-state index contributed by atoms with van der Waals surface area (Å²) >= 11 is 0. The van der Waals surface area contributed by atoms with Crippen LogP contribution in [0.2, 0.25) is 0 Å². The topological polar surface area (TPSA) is 57.7 Å². The zero-order valence-corrected chi connectivity index (χ0v) is 17.6. The van der Waals surface area contributed by atoms with E-state index in [0.717, 1.165) is 60.5 Å². The molecule has 4 heterocycles. The van der Waals surface area contributed by atoms with Gasteiger partial charge in [-0.05, 0) is 69.0 Å². The normalized spacial score (nSPS) is 21.6. The maximum Gasteiger partial charge on any atom is 0.157 e. The van der Waals surface area contributed by atoms with E-state index in [0.29, 0.717) is 12.1 Å². The Balaban J connectivity index is 1.53. The predicted octanol–water partition coefficient (Wildman–Crippen LogP) is 4.37. The third-order valence-corrected chi connectivity index (χ3v) is 6.93. The van der Waals surface area contributed by atoms with Gasteiger partial charge in [0.2, 0.25) is 0 Å². The van der Waals surface area contributed by atoms with Crippen LogP contribution in [-0.4, -0.2) is 39.7 Å². The highest BCUT2D eigenvalue weighted by molar-refractivity contribution is 5.91. The number of rotatable bonds is 5. The van der Waals surface area contributed by atoms with Gasteiger partial charge in [-0.2, -0.15) is 0 Å². The molecular weight excluding hydrogens is 389 g/mol. The molecule has 160 valence electrons. The first kappa shape index (κ1) is 19.0. The second-order valence-electron chi connectivity index (χ2n) is 8.99. The summed E-state index contributed by atoms with van der Waals surface area (Å²) in [6.07, 6.45) is 5.76. The van der Waals surface area contributed by atoms with E-state index in [1.165, 1.54) is 30.2 Å². The molecule has 2 saturated heterocycles. The Morgan fingerprint density at radius 3 is 2.61 bits per heavy atom. The fourth-order valence-corrected chi connectivity index (χ4v) is 5.39. The Hall–Kier alpha value is -2.70. The van der Waals surface area contributed by atoms with Crippen LogP contribution in [0.25, 0.3) is 33.5 Å². The third kappa shape index (κ3) is 3.44. The molecule has 2 aromatic heterocycles. The molecule has 2 atom stereocenters. The summed E-state index contributed by atoms with van der Waals surface area (Å²) in [7, 11) is 0. The molecule has 2 aliphatic heterocycles. The van der Waals surface area contributed by atoms with Crippen LogP contribution >= 0.6 is 0 Å². The van der Waals surface area contributed by atoms with Crippen molar-refractivity contribution in [1.29, 1.82) is 0 Å². The summed E-state index contributed by atoms with van der Waals surface area (Å²) < 4.78 is 16.3. The number of para-hydroxylation sites is 1. The van der Waals surface area contributed by atoms with Crippen molar-refractivity contribution in [3.63, 3.8) is 0 Å². The quantitative estimate of drug-likeness (QED) is 0.452. The molecule has 5 nitrogen and oxygen atoms in total. The second kappa shape index (κ2) is 7.77. The van der Waals surface area contributed by atoms with E-state index in [-0.39, 0.29) is 5.82 Å². The number of nitrogens with zero attached hydrogens (tertiary/aromatic N) is 2. The molecule has 2 aromatic carbocycles. The van der Waals surface area contributed by atoms with Gasteiger partial charge in [0.05, 0.1) is 16.7 Å². The maximum absolute atomic E-state index is 14.0. The van der Waals surface area contributed by atoms with E-state index < -0.39 is 0 Å². The van der Waals surface area contributed by atoms with Crippen molar-refractivity contribution in [2.24, 2.45) is 0 Å². The van der Waals surface area contributed by atoms with Crippen molar-refractivity contribution < 1.29 is 4.39 Å². The summed E-state index contributed by atoms with van der Waals surface area (Å²) in [5, 5.41) is 8.51. The van der Waals surface area contributed by atoms with Crippen molar-refractivity contribution in [3.05, 3.63) is 53.8 Å². The first-order chi connectivity index (χ1) is 15.3. The maximum atomic E-state index is 14.0. The molecule has 0 radical (unpaired) electrons. The van der Waals surface area contributed by atoms with E-state index in [1.807, 2.05) is 6.07 Å². The van der Waals surface area contributed by atoms with Crippen LogP contribution in [0.5, 0.6) is 0 Å². The molecule has 3 N–H and O–H groups in total. The van der Waals surface area contributed by atoms with Gasteiger partial charge < -0.3 is 20.2 Å². The Kier molecular flexibility index (Phi) is 4.77. The molecule has 2 aliphatic rings. The monoisotopic (exact) mass is 417 g/mol. The molecule has 0 amide bonds. The van der Waals surface area contributed by atoms with Crippen LogP contribution in [0.4, 0.5) is 4.39 Å². The molecule has 0 saturated carbocycles. The van der Waals surface area contributed by atoms with Gasteiger partial charge in [0.25, 0.3) is 0 Å². The lowest BCUT2D eigenvalue weighted by Crippen LogP contribution is -2.27. The molecule has 2 unspecified atom stereocenters. The molecule has 0 spiro atoms. The number of H-pyrrole nitrogens is 1. The summed E-state index contributed by atoms with van der Waals surface area (Å²) in [4.78, 5) is 8.63. The minimum absolute atomic E-state index is 0.241. The summed E-state index contributed by atoms with van der Waals surface area (Å²) in [5.41, 5.74) is 5.23. The fraction of sp³-hybridized carbons (Fsp3) is 0.400. The molecule has 31 heavy (non-hydrogen) atoms. The van der Waals surface area contributed by atoms with Gasteiger partial charge in [-0.15, -0.1) is 0 Å². The largest absolute Gasteiger partial charge is 0.352 e. The van der Waals surface area contributed by atoms with Crippen molar-refractivity contribution >= 4 is 21.9 Å². The lowest BCUT2D eigenvalue weighted by molar-refractivity contribution is 0.519. The number of benzene rings is 2. The van der Waals surface area contributed by atoms with Crippen molar-refractivity contribution in [2.45, 2.75) is 50.7 Å². The van der Waals surface area contributed by atoms with E-state index in [4.69, 9.17) is 4.98 Å². The van der Waals surface area contributed by atoms with Gasteiger partial charge in [0.1, 0.15) is 5.82 Å². The summed E-state index contributed by atoms with van der Waals surface area (Å²) in [6, 6.07) is 14.4. The summed E-state index contributed by atoms with van der Waals surface area (Å²) in [5.74, 6) is 0.674. The highest BCUT2D eigenvalue weighted by Gasteiger charge is 2.25. The molecule has 2 fully saturated rings. The summed E-state index contributed by atoms with van der Waals surface area (Å²) in [6.45, 7) is 2.99. The number of fused-ring (bicyclic) bond motifs is 2. The number of imidazole rings is 1. The van der Waals surface area contributed by atoms with E-state index >= 15 is 0 Å². The first-order valence-corrected chi connectivity index (χ1v) is 11.5. The minimum Gasteiger partial charge on any atom is -0.352 e. The Labute approximate surface area is 181 Å². The highest BCUT2D eigenvalue weighted by atomic mass is 19.1. The zero-order chi connectivity index (χ0) is 20.8. The molecular formula is C25H28FN5. The molecule has 6 rings (SSSR count). The standard InChI is InChI=1S/C25H28FN5/c26-16-9-10-23-22(13-16)30-25(31(23)15-18-6-4-12-28-18)24-20(14-17-5-3-11-27-17)19-7-1-2-8-21(19)29-24/h1-2,7-10,13,17-18,27-29H,3-6,11-12,14-15H2. The SMILES string of the molecule is Fc1ccc2c(c1)nc(-c1[nH]c3ccccc3c1CC1CCCN1)n2CC1CCCN1. The van der Waals surface area contributed by atoms with Crippen LogP contribution in [0.1, 0.15) is 31.2 Å². The number of aromatic nitrogens is 3. The number of halogens is 1. The van der Waals surface area contributed by atoms with Crippen LogP contribution in [0.3, 0.4) is 0 Å². The van der Waals surface area contributed by atoms with Crippen LogP contribution in [-0.2, 0) is 13.0 Å². The smallest absolute Gasteiger partial charge is 0.157 e. The number of nitrogens with one attached hydrogen (secondary N) is 3. The van der Waals surface area contributed by atoms with Crippen molar-refractivity contribution in [1.82, 2.24) is 25.2 Å². The van der Waals surface area contributed by atoms with E-state index in [2.05, 4.69) is 44.5 Å². The number of aromatic amines is 1. The second-order valence-corrected chi connectivity index (χ2v) is 8.99. The molecule has 0 aliphatic carbocycles. The third-order valence-electron chi connectivity index (χ3n) is 6.93. The molecule has 0 bridgehead atoms. The predicted molar refractivity (Wildman–Crippen MR) is 123 cm³/mol. The van der Waals surface area contributed by atoms with E-state index in [9.17, 15) is 4.39 Å². The fourth-order valence-electron chi connectivity index (χ4n) is 5.39. The van der Waals surface area contributed by atoms with Crippen LogP contribution < -0.4 is 10.6 Å². The lowest BCUT2D eigenvalue weighted by Gasteiger charge is -2.16. The van der Waals surface area contributed by atoms with Gasteiger partial charge in [0, 0.05) is 35.6 Å². The average molecular weight is 418 g/mol. The van der Waals surface area contributed by atoms with Gasteiger partial charge in [-0.3, -0.25) is 0 Å². The van der Waals surface area contributed by atoms with Gasteiger partial charge >= 0.3 is 0 Å². The number of hydrogen-bond donors (Lipinski definition) is 3. The minimum atomic E-state index is -0.241. The van der Waals surface area contributed by atoms with E-state index in [1.54, 1.807) is 12.1 Å². The first-order valence-electron chi connectivity index (χ1n) is 11.5. The van der Waals surface area contributed by atoms with Gasteiger partial charge in [0.15, 0.2) is 5.82 Å². The van der Waals surface area contributed by atoms with Gasteiger partial charge in [-0.25, -0.2) is 9.37 Å². The van der Waals surface area contributed by atoms with Crippen LogP contribution in [0, 0.1) is 5.82 Å². The Morgan fingerprint density at radius 2 is 1.81 bits per heavy atom. The Bertz CT molecular complexity index is 1230. The van der Waals surface area contributed by atoms with Crippen LogP contribution in [0.15, 0.2) is 42.5 Å². The molecule has 6 heteroatoms. The van der Waals surface area contributed by atoms with Crippen molar-refractivity contribution in [2.75, 3.05) is 13.1 Å². The molecule has 4 aromatic rings. The van der Waals surface area contributed by atoms with Crippen molar-refractivity contribution in [3.8, 4) is 11.5 Å². The lowest BCUT2D eigenvalue weighted by atomic mass is 10.0. The highest BCUT2D eigenvalue weighted by Crippen LogP contribution is 2.34. The average Bonchev–Trinajstić information content (AvgIpc) is 3.56. The van der Waals surface area contributed by atoms with Gasteiger partial charge in [-0.1, -0.05) is 18.2 Å². The Morgan fingerprint density at radius 1 is 1.00 bits per heavy atom. The number of hydrogen-bond acceptors (Lipinski definition) is 3. The zero-order valence-electron chi connectivity index (χ0n) is 17.6.